The molecule has 0 saturated heterocycles. The predicted octanol–water partition coefficient (Wildman–Crippen LogP) is 5.56. The molecule has 194 valence electrons. The van der Waals surface area contributed by atoms with E-state index < -0.39 is 35.4 Å². The number of hydrogen-bond donors (Lipinski definition) is 2. The number of carbonyl (C=O) groups excluding carboxylic acids is 2. The number of fused-ring (bicyclic) bond motifs is 1. The number of hydrogen-bond acceptors (Lipinski definition) is 3. The zero-order chi connectivity index (χ0) is 27.0. The van der Waals surface area contributed by atoms with Gasteiger partial charge < -0.3 is 15.2 Å². The average molecular weight is 547 g/mol. The van der Waals surface area contributed by atoms with Crippen LogP contribution in [-0.4, -0.2) is 34.1 Å². The topological polar surface area (TPSA) is 76.0 Å². The van der Waals surface area contributed by atoms with Gasteiger partial charge in [0.15, 0.2) is 0 Å². The molecule has 36 heavy (non-hydrogen) atoms. The van der Waals surface area contributed by atoms with Crippen molar-refractivity contribution in [3.05, 3.63) is 62.6 Å². The van der Waals surface area contributed by atoms with Gasteiger partial charge in [0.25, 0.3) is 5.91 Å². The lowest BCUT2D eigenvalue weighted by atomic mass is 9.95. The molecule has 6 nitrogen and oxygen atoms in total. The van der Waals surface area contributed by atoms with Crippen molar-refractivity contribution in [3.8, 4) is 0 Å². The molecule has 2 amide bonds. The highest BCUT2D eigenvalue weighted by Crippen LogP contribution is 2.31. The van der Waals surface area contributed by atoms with Gasteiger partial charge in [-0.3, -0.25) is 9.59 Å². The fourth-order valence-corrected chi connectivity index (χ4v) is 3.99. The summed E-state index contributed by atoms with van der Waals surface area (Å²) < 4.78 is 53.4. The van der Waals surface area contributed by atoms with Crippen molar-refractivity contribution in [3.63, 3.8) is 0 Å². The Morgan fingerprint density at radius 2 is 1.75 bits per heavy atom. The molecule has 3 rings (SSSR count). The summed E-state index contributed by atoms with van der Waals surface area (Å²) in [6.07, 6.45) is -4.49. The maximum atomic E-state index is 14.6. The summed E-state index contributed by atoms with van der Waals surface area (Å²) in [4.78, 5) is 28.7. The van der Waals surface area contributed by atoms with Gasteiger partial charge in [-0.15, -0.1) is 0 Å². The van der Waals surface area contributed by atoms with E-state index in [1.807, 2.05) is 0 Å². The molecule has 2 N–H and O–H groups in total. The Hall–Kier alpha value is -2.85. The Balaban J connectivity index is 1.90. The fourth-order valence-electron chi connectivity index (χ4n) is 3.41. The Kier molecular flexibility index (Phi) is 7.90. The highest BCUT2D eigenvalue weighted by atomic mass is 35.5. The zero-order valence-electron chi connectivity index (χ0n) is 19.9. The number of aromatic nitrogens is 2. The van der Waals surface area contributed by atoms with Gasteiger partial charge in [0.2, 0.25) is 5.91 Å². The van der Waals surface area contributed by atoms with Gasteiger partial charge >= 0.3 is 6.18 Å². The number of nitrogens with one attached hydrogen (secondary N) is 2. The molecule has 0 atom stereocenters. The fraction of sp³-hybridized carbons (Fsp3) is 0.375. The molecule has 0 fully saturated rings. The van der Waals surface area contributed by atoms with Crippen LogP contribution in [0, 0.1) is 11.2 Å². The van der Waals surface area contributed by atoms with Crippen LogP contribution >= 0.6 is 23.2 Å². The van der Waals surface area contributed by atoms with Crippen LogP contribution in [0.2, 0.25) is 10.0 Å². The predicted molar refractivity (Wildman–Crippen MR) is 130 cm³/mol. The molecule has 1 aromatic heterocycles. The Bertz CT molecular complexity index is 1330. The quantitative estimate of drug-likeness (QED) is 0.397. The van der Waals surface area contributed by atoms with Crippen LogP contribution in [0.1, 0.15) is 48.1 Å². The number of nitrogens with zero attached hydrogens (tertiary/aromatic N) is 2. The Morgan fingerprint density at radius 1 is 1.08 bits per heavy atom. The van der Waals surface area contributed by atoms with Crippen LogP contribution < -0.4 is 10.6 Å². The number of rotatable bonds is 6. The summed E-state index contributed by atoms with van der Waals surface area (Å²) in [6.45, 7) is 3.97. The van der Waals surface area contributed by atoms with Crippen LogP contribution in [-0.2, 0) is 24.8 Å². The van der Waals surface area contributed by atoms with Crippen molar-refractivity contribution in [1.82, 2.24) is 20.2 Å². The monoisotopic (exact) mass is 546 g/mol. The Morgan fingerprint density at radius 3 is 2.36 bits per heavy atom. The van der Waals surface area contributed by atoms with Crippen LogP contribution in [0.15, 0.2) is 24.3 Å². The van der Waals surface area contributed by atoms with E-state index in [1.165, 1.54) is 0 Å². The first-order valence-electron chi connectivity index (χ1n) is 10.8. The van der Waals surface area contributed by atoms with Gasteiger partial charge in [-0.25, -0.2) is 9.37 Å². The molecule has 12 heteroatoms. The van der Waals surface area contributed by atoms with Gasteiger partial charge in [-0.05, 0) is 23.3 Å². The molecule has 0 radical (unpaired) electrons. The smallest absolute Gasteiger partial charge is 0.352 e. The molecule has 0 bridgehead atoms. The zero-order valence-corrected chi connectivity index (χ0v) is 21.4. The standard InChI is InChI=1S/C24H24Cl2F4N4O2/c1-23(2,3)22(36)31-10-12-5-6-15(25)13(20(12)26)8-19-33-17-7-14(16(27)9-18(17)34(19)4)21(35)32-11-24(28,29)30/h5-7,9H,8,10-11H2,1-4H3,(H,31,36)(H,32,35). The minimum absolute atomic E-state index is 0.140. The molecule has 0 saturated carbocycles. The molecule has 3 aromatic rings. The van der Waals surface area contributed by atoms with Gasteiger partial charge in [0, 0.05) is 36.5 Å². The van der Waals surface area contributed by atoms with Gasteiger partial charge in [-0.1, -0.05) is 50.0 Å². The third kappa shape index (κ3) is 6.28. The summed E-state index contributed by atoms with van der Waals surface area (Å²) >= 11 is 13.0. The highest BCUT2D eigenvalue weighted by Gasteiger charge is 2.29. The SMILES string of the molecule is Cn1c(Cc2c(Cl)ccc(CNC(=O)C(C)(C)C)c2Cl)nc2cc(C(=O)NCC(F)(F)F)c(F)cc21. The van der Waals surface area contributed by atoms with Crippen molar-refractivity contribution in [2.24, 2.45) is 12.5 Å². The second kappa shape index (κ2) is 10.3. The molecule has 0 aliphatic carbocycles. The molecule has 0 unspecified atom stereocenters. The van der Waals surface area contributed by atoms with Crippen molar-refractivity contribution in [2.45, 2.75) is 39.9 Å². The molecular formula is C24H24Cl2F4N4O2. The first kappa shape index (κ1) is 27.7. The third-order valence-electron chi connectivity index (χ3n) is 5.48. The van der Waals surface area contributed by atoms with Crippen LogP contribution in [0.4, 0.5) is 17.6 Å². The van der Waals surface area contributed by atoms with E-state index in [2.05, 4.69) is 10.3 Å². The summed E-state index contributed by atoms with van der Waals surface area (Å²) in [6, 6.07) is 5.48. The lowest BCUT2D eigenvalue weighted by Crippen LogP contribution is -2.34. The minimum Gasteiger partial charge on any atom is -0.352 e. The van der Waals surface area contributed by atoms with E-state index in [0.29, 0.717) is 32.5 Å². The van der Waals surface area contributed by atoms with E-state index in [-0.39, 0.29) is 24.4 Å². The first-order valence-corrected chi connectivity index (χ1v) is 11.6. The average Bonchev–Trinajstić information content (AvgIpc) is 3.07. The maximum Gasteiger partial charge on any atom is 0.405 e. The highest BCUT2D eigenvalue weighted by molar-refractivity contribution is 6.36. The molecule has 0 spiro atoms. The van der Waals surface area contributed by atoms with Gasteiger partial charge in [0.1, 0.15) is 18.2 Å². The largest absolute Gasteiger partial charge is 0.405 e. The number of carbonyl (C=O) groups is 2. The first-order chi connectivity index (χ1) is 16.6. The van der Waals surface area contributed by atoms with E-state index in [1.54, 1.807) is 49.8 Å². The molecule has 1 heterocycles. The molecule has 0 aliphatic heterocycles. The van der Waals surface area contributed by atoms with E-state index in [9.17, 15) is 27.2 Å². The minimum atomic E-state index is -4.63. The van der Waals surface area contributed by atoms with Crippen molar-refractivity contribution >= 4 is 46.0 Å². The second-order valence-electron chi connectivity index (χ2n) is 9.31. The summed E-state index contributed by atoms with van der Waals surface area (Å²) in [5.41, 5.74) is 0.587. The van der Waals surface area contributed by atoms with E-state index in [0.717, 1.165) is 12.1 Å². The number of halogens is 6. The number of alkyl halides is 3. The normalized spacial score (nSPS) is 12.2. The number of aryl methyl sites for hydroxylation is 1. The molecule has 0 aliphatic rings. The lowest BCUT2D eigenvalue weighted by molar-refractivity contribution is -0.128. The third-order valence-corrected chi connectivity index (χ3v) is 6.30. The van der Waals surface area contributed by atoms with Crippen molar-refractivity contribution in [1.29, 1.82) is 0 Å². The maximum absolute atomic E-state index is 14.6. The van der Waals surface area contributed by atoms with Crippen molar-refractivity contribution in [2.75, 3.05) is 6.54 Å². The second-order valence-corrected chi connectivity index (χ2v) is 10.1. The molecule has 2 aromatic carbocycles. The molecular weight excluding hydrogens is 523 g/mol. The van der Waals surface area contributed by atoms with E-state index >= 15 is 0 Å². The lowest BCUT2D eigenvalue weighted by Gasteiger charge is -2.18. The van der Waals surface area contributed by atoms with Crippen molar-refractivity contribution < 1.29 is 27.2 Å². The number of benzene rings is 2. The van der Waals surface area contributed by atoms with Crippen LogP contribution in [0.25, 0.3) is 11.0 Å². The summed E-state index contributed by atoms with van der Waals surface area (Å²) in [5.74, 6) is -1.90. The van der Waals surface area contributed by atoms with Crippen LogP contribution in [0.3, 0.4) is 0 Å². The summed E-state index contributed by atoms with van der Waals surface area (Å²) in [7, 11) is 1.63. The summed E-state index contributed by atoms with van der Waals surface area (Å²) in [5, 5.41) is 5.17. The number of imidazole rings is 1. The van der Waals surface area contributed by atoms with Gasteiger partial charge in [0.05, 0.1) is 21.6 Å². The van der Waals surface area contributed by atoms with Crippen LogP contribution in [0.5, 0.6) is 0 Å². The number of amides is 2. The van der Waals surface area contributed by atoms with E-state index in [4.69, 9.17) is 23.2 Å². The Labute approximate surface area is 215 Å². The van der Waals surface area contributed by atoms with Gasteiger partial charge in [-0.2, -0.15) is 13.2 Å².